The van der Waals surface area contributed by atoms with E-state index >= 15 is 0 Å². The van der Waals surface area contributed by atoms with Crippen molar-refractivity contribution in [2.45, 2.75) is 13.5 Å². The summed E-state index contributed by atoms with van der Waals surface area (Å²) in [4.78, 5) is 4.26. The summed E-state index contributed by atoms with van der Waals surface area (Å²) in [5.41, 5.74) is 2.67. The molecule has 0 bridgehead atoms. The minimum absolute atomic E-state index is 0.480. The van der Waals surface area contributed by atoms with Crippen LogP contribution in [0.15, 0.2) is 77.3 Å². The molecule has 0 N–H and O–H groups in total. The Bertz CT molecular complexity index is 1160. The highest BCUT2D eigenvalue weighted by Crippen LogP contribution is 2.36. The van der Waals surface area contributed by atoms with Crippen LogP contribution in [0.2, 0.25) is 0 Å². The third-order valence-corrected chi connectivity index (χ3v) is 5.05. The Hall–Kier alpha value is -3.38. The number of ether oxygens (including phenoxy) is 2. The Labute approximate surface area is 194 Å². The Balaban J connectivity index is 0.000000287. The molecule has 4 rings (SSSR count). The monoisotopic (exact) mass is 525 g/mol. The highest BCUT2D eigenvalue weighted by Gasteiger charge is 2.15. The topological polar surface area (TPSA) is 81.2 Å². The van der Waals surface area contributed by atoms with Crippen molar-refractivity contribution in [2.24, 2.45) is 0 Å². The summed E-state index contributed by atoms with van der Waals surface area (Å²) in [6, 6.07) is 25.0. The summed E-state index contributed by atoms with van der Waals surface area (Å²) < 4.78 is 17.4. The second kappa shape index (κ2) is 11.1. The summed E-state index contributed by atoms with van der Waals surface area (Å²) in [5, 5.41) is 12.2. The maximum atomic E-state index is 8.29. The van der Waals surface area contributed by atoms with Crippen LogP contribution in [-0.4, -0.2) is 17.3 Å². The Morgan fingerprint density at radius 2 is 1.68 bits per heavy atom. The largest absolute Gasteiger partial charge is 0.493 e. The molecule has 1 heterocycles. The molecule has 0 amide bonds. The van der Waals surface area contributed by atoms with Gasteiger partial charge in [0.15, 0.2) is 11.5 Å². The van der Waals surface area contributed by atoms with Gasteiger partial charge in [0, 0.05) is 16.1 Å². The number of methoxy groups -OCH3 is 1. The molecule has 7 heteroatoms. The van der Waals surface area contributed by atoms with Gasteiger partial charge in [-0.25, -0.2) is 0 Å². The first kappa shape index (κ1) is 22.3. The predicted octanol–water partition coefficient (Wildman–Crippen LogP) is 5.80. The summed E-state index contributed by atoms with van der Waals surface area (Å²) in [6.45, 7) is 2.24. The maximum Gasteiger partial charge on any atom is 0.223 e. The number of aromatic nitrogens is 2. The first-order valence-corrected chi connectivity index (χ1v) is 10.5. The minimum Gasteiger partial charge on any atom is -0.493 e. The molecule has 0 aliphatic rings. The van der Waals surface area contributed by atoms with Crippen LogP contribution in [0.5, 0.6) is 11.5 Å². The van der Waals surface area contributed by atoms with Gasteiger partial charge >= 0.3 is 0 Å². The van der Waals surface area contributed by atoms with Crippen LogP contribution in [0.4, 0.5) is 0 Å². The van der Waals surface area contributed by atoms with Gasteiger partial charge in [0.05, 0.1) is 18.7 Å². The van der Waals surface area contributed by atoms with Crippen molar-refractivity contribution in [2.75, 3.05) is 7.11 Å². The smallest absolute Gasteiger partial charge is 0.223 e. The molecular weight excluding hydrogens is 505 g/mol. The minimum atomic E-state index is 0.480. The van der Waals surface area contributed by atoms with E-state index in [-0.39, 0.29) is 0 Å². The number of hydrogen-bond donors (Lipinski definition) is 0. The Kier molecular flexibility index (Phi) is 8.01. The normalized spacial score (nSPS) is 9.87. The SMILES string of the molecule is COc1cc(-c2noc(C)n2)c(I)cc1OCc1ccccc1.N#Cc1ccccc1. The van der Waals surface area contributed by atoms with E-state index in [1.165, 1.54) is 0 Å². The van der Waals surface area contributed by atoms with Crippen LogP contribution in [-0.2, 0) is 6.61 Å². The number of halogens is 1. The third kappa shape index (κ3) is 6.30. The van der Waals surface area contributed by atoms with Gasteiger partial charge in [0.1, 0.15) is 6.61 Å². The maximum absolute atomic E-state index is 8.29. The lowest BCUT2D eigenvalue weighted by atomic mass is 10.2. The van der Waals surface area contributed by atoms with Crippen LogP contribution >= 0.6 is 22.6 Å². The lowest BCUT2D eigenvalue weighted by Crippen LogP contribution is -1.99. The van der Waals surface area contributed by atoms with E-state index in [4.69, 9.17) is 19.3 Å². The standard InChI is InChI=1S/C17H15IN2O3.C7H5N/c1-11-19-17(20-23-11)13-8-15(21-2)16(9-14(13)18)22-10-12-6-4-3-5-7-12;8-6-7-4-2-1-3-5-7/h3-9H,10H2,1-2H3;1-5H. The molecule has 1 aromatic heterocycles. The highest BCUT2D eigenvalue weighted by molar-refractivity contribution is 14.1. The molecule has 0 spiro atoms. The van der Waals surface area contributed by atoms with E-state index in [2.05, 4.69) is 32.7 Å². The van der Waals surface area contributed by atoms with Crippen molar-refractivity contribution < 1.29 is 14.0 Å². The zero-order chi connectivity index (χ0) is 22.1. The molecule has 31 heavy (non-hydrogen) atoms. The molecule has 156 valence electrons. The number of nitriles is 1. The summed E-state index contributed by atoms with van der Waals surface area (Å²) >= 11 is 2.23. The van der Waals surface area contributed by atoms with Crippen LogP contribution in [0.1, 0.15) is 17.0 Å². The van der Waals surface area contributed by atoms with Crippen LogP contribution in [0.25, 0.3) is 11.4 Å². The number of rotatable bonds is 5. The molecule has 6 nitrogen and oxygen atoms in total. The van der Waals surface area contributed by atoms with Gasteiger partial charge < -0.3 is 14.0 Å². The van der Waals surface area contributed by atoms with Crippen LogP contribution in [0, 0.1) is 21.8 Å². The molecule has 0 aliphatic heterocycles. The first-order valence-electron chi connectivity index (χ1n) is 9.40. The zero-order valence-corrected chi connectivity index (χ0v) is 19.2. The second-order valence-corrected chi connectivity index (χ2v) is 7.53. The lowest BCUT2D eigenvalue weighted by molar-refractivity contribution is 0.284. The van der Waals surface area contributed by atoms with E-state index in [1.54, 1.807) is 26.2 Å². The molecule has 0 aliphatic carbocycles. The van der Waals surface area contributed by atoms with Crippen LogP contribution in [0.3, 0.4) is 0 Å². The predicted molar refractivity (Wildman–Crippen MR) is 126 cm³/mol. The molecule has 0 radical (unpaired) electrons. The lowest BCUT2D eigenvalue weighted by Gasteiger charge is -2.13. The van der Waals surface area contributed by atoms with E-state index in [0.29, 0.717) is 35.4 Å². The molecule has 0 atom stereocenters. The van der Waals surface area contributed by atoms with Gasteiger partial charge in [-0.15, -0.1) is 0 Å². The Morgan fingerprint density at radius 3 is 2.23 bits per heavy atom. The van der Waals surface area contributed by atoms with Gasteiger partial charge in [-0.2, -0.15) is 10.2 Å². The number of benzene rings is 3. The van der Waals surface area contributed by atoms with E-state index < -0.39 is 0 Å². The average molecular weight is 525 g/mol. The van der Waals surface area contributed by atoms with Crippen molar-refractivity contribution in [3.05, 3.63) is 93.4 Å². The molecule has 3 aromatic carbocycles. The van der Waals surface area contributed by atoms with Crippen molar-refractivity contribution in [3.63, 3.8) is 0 Å². The fraction of sp³-hybridized carbons (Fsp3) is 0.125. The third-order valence-electron chi connectivity index (χ3n) is 4.16. The van der Waals surface area contributed by atoms with E-state index in [0.717, 1.165) is 14.7 Å². The number of aryl methyl sites for hydroxylation is 1. The zero-order valence-electron chi connectivity index (χ0n) is 17.1. The van der Waals surface area contributed by atoms with E-state index in [9.17, 15) is 0 Å². The molecule has 0 saturated heterocycles. The molecule has 0 unspecified atom stereocenters. The van der Waals surface area contributed by atoms with Crippen molar-refractivity contribution in [3.8, 4) is 29.0 Å². The summed E-state index contributed by atoms with van der Waals surface area (Å²) in [7, 11) is 1.61. The average Bonchev–Trinajstić information content (AvgIpc) is 3.25. The summed E-state index contributed by atoms with van der Waals surface area (Å²) in [5.74, 6) is 2.39. The highest BCUT2D eigenvalue weighted by atomic mass is 127. The first-order chi connectivity index (χ1) is 15.1. The van der Waals surface area contributed by atoms with Crippen molar-refractivity contribution >= 4 is 22.6 Å². The molecule has 4 aromatic rings. The molecule has 0 saturated carbocycles. The van der Waals surface area contributed by atoms with Crippen molar-refractivity contribution in [1.82, 2.24) is 10.1 Å². The van der Waals surface area contributed by atoms with Gasteiger partial charge in [-0.05, 0) is 52.4 Å². The van der Waals surface area contributed by atoms with Gasteiger partial charge in [-0.1, -0.05) is 53.7 Å². The van der Waals surface area contributed by atoms with Crippen molar-refractivity contribution in [1.29, 1.82) is 5.26 Å². The quantitative estimate of drug-likeness (QED) is 0.307. The van der Waals surface area contributed by atoms with Gasteiger partial charge in [-0.3, -0.25) is 0 Å². The fourth-order valence-corrected chi connectivity index (χ4v) is 3.32. The van der Waals surface area contributed by atoms with Gasteiger partial charge in [0.25, 0.3) is 0 Å². The second-order valence-electron chi connectivity index (χ2n) is 6.37. The summed E-state index contributed by atoms with van der Waals surface area (Å²) in [6.07, 6.45) is 0. The fourth-order valence-electron chi connectivity index (χ4n) is 2.64. The van der Waals surface area contributed by atoms with E-state index in [1.807, 2.05) is 66.7 Å². The number of nitrogens with zero attached hydrogens (tertiary/aromatic N) is 3. The van der Waals surface area contributed by atoms with Crippen LogP contribution < -0.4 is 9.47 Å². The Morgan fingerprint density at radius 1 is 1.00 bits per heavy atom. The molecular formula is C24H20IN3O3. The number of hydrogen-bond acceptors (Lipinski definition) is 6. The molecule has 0 fully saturated rings. The van der Waals surface area contributed by atoms with Gasteiger partial charge in [0.2, 0.25) is 11.7 Å².